The summed E-state index contributed by atoms with van der Waals surface area (Å²) in [5.74, 6) is -0.0649. The van der Waals surface area contributed by atoms with Gasteiger partial charge in [-0.3, -0.25) is 4.79 Å². The van der Waals surface area contributed by atoms with Gasteiger partial charge in [-0.2, -0.15) is 0 Å². The Labute approximate surface area is 100 Å². The SMILES string of the molecule is Cc1ccc(C(=O)NC(C)CC(N)=NO)cc1. The molecule has 5 nitrogen and oxygen atoms in total. The lowest BCUT2D eigenvalue weighted by molar-refractivity contribution is 0.0941. The molecule has 0 aliphatic heterocycles. The summed E-state index contributed by atoms with van der Waals surface area (Å²) in [6.07, 6.45) is 0.314. The van der Waals surface area contributed by atoms with Crippen molar-refractivity contribution in [3.05, 3.63) is 35.4 Å². The van der Waals surface area contributed by atoms with Crippen LogP contribution in [0.3, 0.4) is 0 Å². The highest BCUT2D eigenvalue weighted by atomic mass is 16.4. The van der Waals surface area contributed by atoms with Crippen molar-refractivity contribution < 1.29 is 10.0 Å². The van der Waals surface area contributed by atoms with Crippen molar-refractivity contribution in [1.82, 2.24) is 5.32 Å². The molecule has 1 rings (SSSR count). The molecule has 0 aromatic heterocycles. The first-order chi connectivity index (χ1) is 8.02. The maximum absolute atomic E-state index is 11.8. The van der Waals surface area contributed by atoms with E-state index in [1.165, 1.54) is 0 Å². The topological polar surface area (TPSA) is 87.7 Å². The third-order valence-corrected chi connectivity index (χ3v) is 2.34. The van der Waals surface area contributed by atoms with Crippen LogP contribution in [0.2, 0.25) is 0 Å². The molecule has 0 heterocycles. The Balaban J connectivity index is 2.57. The molecule has 1 aromatic carbocycles. The average molecular weight is 235 g/mol. The smallest absolute Gasteiger partial charge is 0.251 e. The van der Waals surface area contributed by atoms with E-state index in [0.29, 0.717) is 12.0 Å². The molecule has 1 unspecified atom stereocenters. The third-order valence-electron chi connectivity index (χ3n) is 2.34. The number of carbonyl (C=O) groups is 1. The first kappa shape index (κ1) is 13.0. The van der Waals surface area contributed by atoms with Gasteiger partial charge in [-0.15, -0.1) is 0 Å². The number of rotatable bonds is 4. The van der Waals surface area contributed by atoms with Crippen LogP contribution in [-0.2, 0) is 0 Å². The molecule has 0 bridgehead atoms. The van der Waals surface area contributed by atoms with Gasteiger partial charge >= 0.3 is 0 Å². The highest BCUT2D eigenvalue weighted by Crippen LogP contribution is 2.03. The number of nitrogens with two attached hydrogens (primary N) is 1. The Morgan fingerprint density at radius 3 is 2.59 bits per heavy atom. The minimum atomic E-state index is -0.181. The van der Waals surface area contributed by atoms with E-state index in [9.17, 15) is 4.79 Å². The standard InChI is InChI=1S/C12H17N3O2/c1-8-3-5-10(6-4-8)12(16)14-9(2)7-11(13)15-17/h3-6,9,17H,7H2,1-2H3,(H2,13,15)(H,14,16). The number of carbonyl (C=O) groups excluding carboxylic acids is 1. The molecule has 0 spiro atoms. The summed E-state index contributed by atoms with van der Waals surface area (Å²) in [6, 6.07) is 7.10. The molecular weight excluding hydrogens is 218 g/mol. The molecule has 1 aromatic rings. The lowest BCUT2D eigenvalue weighted by Crippen LogP contribution is -2.35. The Morgan fingerprint density at radius 2 is 2.06 bits per heavy atom. The van der Waals surface area contributed by atoms with Crippen molar-refractivity contribution in [2.24, 2.45) is 10.9 Å². The van der Waals surface area contributed by atoms with Gasteiger partial charge in [0.1, 0.15) is 5.84 Å². The fourth-order valence-corrected chi connectivity index (χ4v) is 1.42. The van der Waals surface area contributed by atoms with Gasteiger partial charge in [-0.05, 0) is 26.0 Å². The molecule has 0 saturated heterocycles. The summed E-state index contributed by atoms with van der Waals surface area (Å²) in [6.45, 7) is 3.76. The van der Waals surface area contributed by atoms with Crippen LogP contribution in [0.15, 0.2) is 29.4 Å². The molecule has 0 radical (unpaired) electrons. The van der Waals surface area contributed by atoms with E-state index in [0.717, 1.165) is 5.56 Å². The van der Waals surface area contributed by atoms with Crippen LogP contribution < -0.4 is 11.1 Å². The second kappa shape index (κ2) is 5.89. The molecule has 17 heavy (non-hydrogen) atoms. The second-order valence-corrected chi connectivity index (χ2v) is 4.04. The number of amidine groups is 1. The minimum Gasteiger partial charge on any atom is -0.409 e. The molecule has 0 aliphatic rings. The van der Waals surface area contributed by atoms with Crippen LogP contribution in [0.25, 0.3) is 0 Å². The lowest BCUT2D eigenvalue weighted by Gasteiger charge is -2.12. The summed E-state index contributed by atoms with van der Waals surface area (Å²) in [5, 5.41) is 14.0. The summed E-state index contributed by atoms with van der Waals surface area (Å²) in [4.78, 5) is 11.8. The Hall–Kier alpha value is -2.04. The Kier molecular flexibility index (Phi) is 4.51. The summed E-state index contributed by atoms with van der Waals surface area (Å²) in [7, 11) is 0. The summed E-state index contributed by atoms with van der Waals surface area (Å²) in [5.41, 5.74) is 7.06. The van der Waals surface area contributed by atoms with Gasteiger partial charge in [-0.25, -0.2) is 0 Å². The van der Waals surface area contributed by atoms with E-state index in [1.807, 2.05) is 19.1 Å². The molecule has 0 saturated carbocycles. The Morgan fingerprint density at radius 1 is 1.47 bits per heavy atom. The maximum Gasteiger partial charge on any atom is 0.251 e. The number of hydrogen-bond donors (Lipinski definition) is 3. The third kappa shape index (κ3) is 4.14. The predicted molar refractivity (Wildman–Crippen MR) is 66.1 cm³/mol. The van der Waals surface area contributed by atoms with Crippen LogP contribution >= 0.6 is 0 Å². The molecule has 1 atom stereocenters. The van der Waals surface area contributed by atoms with Crippen molar-refractivity contribution in [3.8, 4) is 0 Å². The molecule has 5 heteroatoms. The largest absolute Gasteiger partial charge is 0.409 e. The van der Waals surface area contributed by atoms with Crippen molar-refractivity contribution >= 4 is 11.7 Å². The maximum atomic E-state index is 11.8. The normalized spacial score (nSPS) is 13.2. The fraction of sp³-hybridized carbons (Fsp3) is 0.333. The Bertz CT molecular complexity index is 412. The molecule has 92 valence electrons. The molecule has 1 amide bonds. The first-order valence-electron chi connectivity index (χ1n) is 5.37. The van der Waals surface area contributed by atoms with Gasteiger partial charge in [-0.1, -0.05) is 22.9 Å². The number of benzene rings is 1. The lowest BCUT2D eigenvalue weighted by atomic mass is 10.1. The van der Waals surface area contributed by atoms with Crippen LogP contribution in [-0.4, -0.2) is 23.0 Å². The van der Waals surface area contributed by atoms with E-state index < -0.39 is 0 Å². The zero-order valence-corrected chi connectivity index (χ0v) is 9.97. The zero-order chi connectivity index (χ0) is 12.8. The van der Waals surface area contributed by atoms with Crippen molar-refractivity contribution in [2.75, 3.05) is 0 Å². The van der Waals surface area contributed by atoms with E-state index in [2.05, 4.69) is 10.5 Å². The van der Waals surface area contributed by atoms with Crippen molar-refractivity contribution in [1.29, 1.82) is 0 Å². The van der Waals surface area contributed by atoms with Gasteiger partial charge in [0.25, 0.3) is 5.91 Å². The van der Waals surface area contributed by atoms with Gasteiger partial charge < -0.3 is 16.3 Å². The number of hydrogen-bond acceptors (Lipinski definition) is 3. The van der Waals surface area contributed by atoms with Crippen LogP contribution in [0.4, 0.5) is 0 Å². The number of nitrogens with one attached hydrogen (secondary N) is 1. The van der Waals surface area contributed by atoms with Crippen LogP contribution in [0, 0.1) is 6.92 Å². The fourth-order valence-electron chi connectivity index (χ4n) is 1.42. The van der Waals surface area contributed by atoms with Gasteiger partial charge in [0, 0.05) is 18.0 Å². The second-order valence-electron chi connectivity index (χ2n) is 4.04. The van der Waals surface area contributed by atoms with Crippen molar-refractivity contribution in [3.63, 3.8) is 0 Å². The highest BCUT2D eigenvalue weighted by Gasteiger charge is 2.10. The van der Waals surface area contributed by atoms with E-state index in [4.69, 9.17) is 10.9 Å². The van der Waals surface area contributed by atoms with E-state index in [-0.39, 0.29) is 17.8 Å². The predicted octanol–water partition coefficient (Wildman–Crippen LogP) is 1.25. The zero-order valence-electron chi connectivity index (χ0n) is 9.97. The number of aryl methyl sites for hydroxylation is 1. The summed E-state index contributed by atoms with van der Waals surface area (Å²) >= 11 is 0. The number of nitrogens with zero attached hydrogens (tertiary/aromatic N) is 1. The monoisotopic (exact) mass is 235 g/mol. The first-order valence-corrected chi connectivity index (χ1v) is 5.37. The highest BCUT2D eigenvalue weighted by molar-refractivity contribution is 5.94. The number of oxime groups is 1. The number of amides is 1. The van der Waals surface area contributed by atoms with Crippen molar-refractivity contribution in [2.45, 2.75) is 26.3 Å². The summed E-state index contributed by atoms with van der Waals surface area (Å²) < 4.78 is 0. The van der Waals surface area contributed by atoms with Crippen LogP contribution in [0.5, 0.6) is 0 Å². The molecule has 4 N–H and O–H groups in total. The van der Waals surface area contributed by atoms with Crippen LogP contribution in [0.1, 0.15) is 29.3 Å². The average Bonchev–Trinajstić information content (AvgIpc) is 2.29. The van der Waals surface area contributed by atoms with E-state index >= 15 is 0 Å². The quantitative estimate of drug-likeness (QED) is 0.317. The van der Waals surface area contributed by atoms with Gasteiger partial charge in [0.05, 0.1) is 0 Å². The van der Waals surface area contributed by atoms with E-state index in [1.54, 1.807) is 19.1 Å². The van der Waals surface area contributed by atoms with Gasteiger partial charge in [0.15, 0.2) is 0 Å². The molecule has 0 fully saturated rings. The molecular formula is C12H17N3O2. The van der Waals surface area contributed by atoms with Gasteiger partial charge in [0.2, 0.25) is 0 Å². The molecule has 0 aliphatic carbocycles. The minimum absolute atomic E-state index is 0.0988.